The molecule has 0 rings (SSSR count). The highest BCUT2D eigenvalue weighted by molar-refractivity contribution is 5.81. The predicted molar refractivity (Wildman–Crippen MR) is 33.7 cm³/mol. The van der Waals surface area contributed by atoms with E-state index in [4.69, 9.17) is 20.2 Å². The molecular formula is C4H9N3O3. The summed E-state index contributed by atoms with van der Waals surface area (Å²) in [5.74, 6) is -2.15. The zero-order chi connectivity index (χ0) is 10.6. The van der Waals surface area contributed by atoms with Gasteiger partial charge in [0.15, 0.2) is 0 Å². The first-order valence-corrected chi connectivity index (χ1v) is 2.26. The molecule has 0 atom stereocenters. The van der Waals surface area contributed by atoms with Crippen LogP contribution in [0.2, 0.25) is 0 Å². The van der Waals surface area contributed by atoms with Crippen LogP contribution in [-0.2, 0) is 4.79 Å². The minimum absolute atomic E-state index is 0.287. The van der Waals surface area contributed by atoms with Gasteiger partial charge in [-0.25, -0.2) is 0 Å². The molecule has 0 bridgehead atoms. The normalized spacial score (nSPS) is 16.8. The third-order valence-electron chi connectivity index (χ3n) is 0.672. The van der Waals surface area contributed by atoms with Gasteiger partial charge in [0.25, 0.3) is 0 Å². The summed E-state index contributed by atoms with van der Waals surface area (Å²) < 4.78 is 20.5. The summed E-state index contributed by atoms with van der Waals surface area (Å²) in [6.07, 6.45) is 0. The lowest BCUT2D eigenvalue weighted by Crippen LogP contribution is -2.37. The van der Waals surface area contributed by atoms with Crippen LogP contribution in [0.25, 0.3) is 0 Å². The highest BCUT2D eigenvalue weighted by Crippen LogP contribution is 1.79. The van der Waals surface area contributed by atoms with Crippen molar-refractivity contribution in [2.75, 3.05) is 13.5 Å². The van der Waals surface area contributed by atoms with Crippen molar-refractivity contribution in [2.45, 2.75) is 0 Å². The van der Waals surface area contributed by atoms with Crippen LogP contribution in [0.5, 0.6) is 0 Å². The van der Waals surface area contributed by atoms with Crippen LogP contribution < -0.4 is 5.73 Å². The molecule has 0 saturated heterocycles. The topological polar surface area (TPSA) is 99.2 Å². The van der Waals surface area contributed by atoms with Gasteiger partial charge in [-0.1, -0.05) is 5.16 Å². The smallest absolute Gasteiger partial charge is 0.323 e. The lowest BCUT2D eigenvalue weighted by molar-refractivity contribution is -0.137. The van der Waals surface area contributed by atoms with Crippen LogP contribution in [0.4, 0.5) is 0 Å². The average Bonchev–Trinajstić information content (AvgIpc) is 1.96. The molecule has 10 heavy (non-hydrogen) atoms. The molecule has 0 aliphatic heterocycles. The fraction of sp³-hybridized carbons (Fsp3) is 0.500. The molecule has 0 unspecified atom stereocenters. The molecule has 0 amide bonds. The molecule has 0 aromatic heterocycles. The van der Waals surface area contributed by atoms with E-state index in [1.54, 1.807) is 0 Å². The number of hydrogen-bond acceptors (Lipinski definition) is 3. The van der Waals surface area contributed by atoms with E-state index in [0.29, 0.717) is 0 Å². The van der Waals surface area contributed by atoms with E-state index < -0.39 is 25.4 Å². The molecule has 4 N–H and O–H groups in total. The van der Waals surface area contributed by atoms with Crippen LogP contribution in [-0.4, -0.2) is 40.7 Å². The van der Waals surface area contributed by atoms with Crippen LogP contribution in [0.15, 0.2) is 5.16 Å². The van der Waals surface area contributed by atoms with Gasteiger partial charge in [0.2, 0.25) is 5.96 Å². The van der Waals surface area contributed by atoms with Gasteiger partial charge >= 0.3 is 5.97 Å². The number of nitrogens with zero attached hydrogens (tertiary/aromatic N) is 2. The predicted octanol–water partition coefficient (Wildman–Crippen LogP) is -1.29. The fourth-order valence-electron chi connectivity index (χ4n) is 0.270. The number of hydrogen-bond donors (Lipinski definition) is 3. The molecule has 0 radical (unpaired) electrons. The number of carboxylic acid groups (broad SMARTS) is 1. The van der Waals surface area contributed by atoms with Gasteiger partial charge in [-0.15, -0.1) is 0 Å². The first kappa shape index (κ1) is 4.37. The van der Waals surface area contributed by atoms with Crippen molar-refractivity contribution in [1.29, 1.82) is 0 Å². The number of nitrogens with two attached hydrogens (primary N) is 1. The monoisotopic (exact) mass is 150 g/mol. The number of carboxylic acids is 1. The van der Waals surface area contributed by atoms with E-state index in [0.717, 1.165) is 0 Å². The van der Waals surface area contributed by atoms with Crippen molar-refractivity contribution < 1.29 is 19.2 Å². The number of oxime groups is 1. The maximum absolute atomic E-state index is 10.2. The van der Waals surface area contributed by atoms with Crippen LogP contribution in [0.3, 0.4) is 0 Å². The summed E-state index contributed by atoms with van der Waals surface area (Å²) in [7, 11) is 0. The quantitative estimate of drug-likeness (QED) is 0.197. The lowest BCUT2D eigenvalue weighted by Gasteiger charge is -2.12. The minimum atomic E-state index is -2.74. The van der Waals surface area contributed by atoms with Gasteiger partial charge < -0.3 is 20.9 Å². The van der Waals surface area contributed by atoms with Gasteiger partial charge in [0.05, 0.1) is 0 Å². The maximum atomic E-state index is 10.2. The van der Waals surface area contributed by atoms with E-state index in [1.807, 2.05) is 0 Å². The van der Waals surface area contributed by atoms with Crippen molar-refractivity contribution >= 4 is 11.9 Å². The lowest BCUT2D eigenvalue weighted by atomic mass is 10.6. The van der Waals surface area contributed by atoms with E-state index in [9.17, 15) is 4.79 Å². The fourth-order valence-corrected chi connectivity index (χ4v) is 0.270. The Morgan fingerprint density at radius 1 is 2.00 bits per heavy atom. The average molecular weight is 150 g/mol. The highest BCUT2D eigenvalue weighted by atomic mass is 16.4. The summed E-state index contributed by atoms with van der Waals surface area (Å²) >= 11 is 0. The summed E-state index contributed by atoms with van der Waals surface area (Å²) in [5.41, 5.74) is 4.95. The third kappa shape index (κ3) is 2.75. The molecule has 6 heteroatoms. The van der Waals surface area contributed by atoms with Crippen LogP contribution in [0, 0.1) is 0 Å². The van der Waals surface area contributed by atoms with E-state index in [1.165, 1.54) is 0 Å². The van der Waals surface area contributed by atoms with Gasteiger partial charge in [-0.3, -0.25) is 4.79 Å². The Balaban J connectivity index is 4.67. The van der Waals surface area contributed by atoms with Crippen LogP contribution >= 0.6 is 0 Å². The van der Waals surface area contributed by atoms with Gasteiger partial charge in [-0.2, -0.15) is 0 Å². The standard InChI is InChI=1S/C4H9N3O3/c1-7(2-3(8)9)4(5)6-10/h10H,2H2,1H3,(H2,5,6)(H,8,9)/i1D3. The highest BCUT2D eigenvalue weighted by Gasteiger charge is 2.05. The molecule has 0 spiro atoms. The largest absolute Gasteiger partial charge is 0.480 e. The maximum Gasteiger partial charge on any atom is 0.323 e. The molecule has 0 aliphatic rings. The second-order valence-corrected chi connectivity index (χ2v) is 1.44. The van der Waals surface area contributed by atoms with Gasteiger partial charge in [0.1, 0.15) is 6.54 Å². The Labute approximate surface area is 61.7 Å². The molecule has 6 nitrogen and oxygen atoms in total. The number of guanidine groups is 1. The van der Waals surface area contributed by atoms with E-state index in [2.05, 4.69) is 5.16 Å². The summed E-state index contributed by atoms with van der Waals surface area (Å²) in [6.45, 7) is -3.60. The van der Waals surface area contributed by atoms with Crippen molar-refractivity contribution in [3.05, 3.63) is 0 Å². The zero-order valence-electron chi connectivity index (χ0n) is 7.98. The third-order valence-corrected chi connectivity index (χ3v) is 0.672. The van der Waals surface area contributed by atoms with Crippen molar-refractivity contribution in [2.24, 2.45) is 10.9 Å². The van der Waals surface area contributed by atoms with E-state index in [-0.39, 0.29) is 4.90 Å². The first-order valence-electron chi connectivity index (χ1n) is 3.76. The molecule has 0 aromatic carbocycles. The SMILES string of the molecule is [2H]C([2H])([2H])N(CC(=O)O)/C(N)=N\O. The Morgan fingerprint density at radius 2 is 2.60 bits per heavy atom. The van der Waals surface area contributed by atoms with Crippen LogP contribution in [0.1, 0.15) is 4.11 Å². The van der Waals surface area contributed by atoms with Crippen molar-refractivity contribution in [1.82, 2.24) is 4.90 Å². The zero-order valence-corrected chi connectivity index (χ0v) is 4.98. The van der Waals surface area contributed by atoms with Crippen molar-refractivity contribution in [3.8, 4) is 0 Å². The summed E-state index contributed by atoms with van der Waals surface area (Å²) in [6, 6.07) is 0. The summed E-state index contributed by atoms with van der Waals surface area (Å²) in [5, 5.41) is 18.9. The van der Waals surface area contributed by atoms with E-state index >= 15 is 0 Å². The minimum Gasteiger partial charge on any atom is -0.480 e. The summed E-state index contributed by atoms with van der Waals surface area (Å²) in [4.78, 5) is 10.5. The Kier molecular flexibility index (Phi) is 1.55. The molecule has 0 saturated carbocycles. The van der Waals surface area contributed by atoms with Gasteiger partial charge in [0, 0.05) is 11.1 Å². The second kappa shape index (κ2) is 3.54. The Bertz CT molecular complexity index is 226. The Hall–Kier alpha value is -1.46. The molecule has 0 aromatic rings. The van der Waals surface area contributed by atoms with Gasteiger partial charge in [-0.05, 0) is 0 Å². The molecule has 58 valence electrons. The molecule has 0 aliphatic carbocycles. The van der Waals surface area contributed by atoms with Crippen molar-refractivity contribution in [3.63, 3.8) is 0 Å². The number of likely N-dealkylation sites (N-methyl/N-ethyl adjacent to an activating group) is 1. The number of aliphatic carboxylic acids is 1. The first-order chi connectivity index (χ1) is 5.79. The second-order valence-electron chi connectivity index (χ2n) is 1.44. The number of rotatable bonds is 2. The molecular weight excluding hydrogens is 138 g/mol. The Morgan fingerprint density at radius 3 is 2.90 bits per heavy atom. The molecule has 0 fully saturated rings. The molecule has 0 heterocycles. The number of carbonyl (C=O) groups is 1.